The molecule has 0 saturated carbocycles. The topological polar surface area (TPSA) is 67.9 Å². The van der Waals surface area contributed by atoms with Crippen LogP contribution in [0.5, 0.6) is 11.5 Å². The summed E-state index contributed by atoms with van der Waals surface area (Å²) in [7, 11) is 0. The number of nitrogens with one attached hydrogen (secondary N) is 1. The van der Waals surface area contributed by atoms with Crippen molar-refractivity contribution in [2.75, 3.05) is 19.8 Å². The van der Waals surface area contributed by atoms with E-state index in [0.29, 0.717) is 54.1 Å². The Hall–Kier alpha value is -3.22. The van der Waals surface area contributed by atoms with Crippen molar-refractivity contribution in [3.8, 4) is 11.5 Å². The van der Waals surface area contributed by atoms with Crippen LogP contribution in [-0.2, 0) is 29.0 Å². The van der Waals surface area contributed by atoms with Gasteiger partial charge in [0.2, 0.25) is 11.8 Å². The number of carbonyl (C=O) groups is 2. The number of rotatable bonds is 10. The molecular formula is C29H30Cl2N2O4. The molecule has 1 N–H and O–H groups in total. The number of aryl methyl sites for hydroxylation is 1. The van der Waals surface area contributed by atoms with Crippen LogP contribution in [0.2, 0.25) is 10.0 Å². The zero-order valence-corrected chi connectivity index (χ0v) is 22.2. The van der Waals surface area contributed by atoms with Crippen molar-refractivity contribution in [3.63, 3.8) is 0 Å². The fourth-order valence-corrected chi connectivity index (χ4v) is 4.64. The van der Waals surface area contributed by atoms with Gasteiger partial charge in [-0.25, -0.2) is 0 Å². The minimum Gasteiger partial charge on any atom is -0.486 e. The minimum absolute atomic E-state index is 0.131. The molecule has 0 bridgehead atoms. The Balaban J connectivity index is 1.59. The molecule has 194 valence electrons. The third-order valence-corrected chi connectivity index (χ3v) is 6.93. The number of nitrogens with zero attached hydrogens (tertiary/aromatic N) is 1. The highest BCUT2D eigenvalue weighted by Gasteiger charge is 2.30. The summed E-state index contributed by atoms with van der Waals surface area (Å²) in [5, 5.41) is 3.74. The van der Waals surface area contributed by atoms with Gasteiger partial charge in [-0.15, -0.1) is 0 Å². The molecule has 1 aliphatic heterocycles. The molecule has 8 heteroatoms. The van der Waals surface area contributed by atoms with Crippen molar-refractivity contribution in [2.24, 2.45) is 0 Å². The normalized spacial score (nSPS) is 13.1. The highest BCUT2D eigenvalue weighted by atomic mass is 35.5. The van der Waals surface area contributed by atoms with E-state index in [4.69, 9.17) is 32.7 Å². The van der Waals surface area contributed by atoms with E-state index in [1.54, 1.807) is 17.0 Å². The van der Waals surface area contributed by atoms with Crippen molar-refractivity contribution >= 4 is 35.0 Å². The van der Waals surface area contributed by atoms with Crippen LogP contribution in [0.15, 0.2) is 66.7 Å². The first-order valence-electron chi connectivity index (χ1n) is 12.4. The average Bonchev–Trinajstić information content (AvgIpc) is 2.91. The summed E-state index contributed by atoms with van der Waals surface area (Å²) in [4.78, 5) is 28.6. The largest absolute Gasteiger partial charge is 0.486 e. The van der Waals surface area contributed by atoms with E-state index >= 15 is 0 Å². The smallest absolute Gasteiger partial charge is 0.243 e. The molecule has 0 saturated heterocycles. The van der Waals surface area contributed by atoms with Gasteiger partial charge >= 0.3 is 0 Å². The number of halogens is 2. The number of likely N-dealkylation sites (N-methyl/N-ethyl adjacent to an activating group) is 1. The highest BCUT2D eigenvalue weighted by Crippen LogP contribution is 2.31. The van der Waals surface area contributed by atoms with Gasteiger partial charge in [0.05, 0.1) is 10.0 Å². The summed E-state index contributed by atoms with van der Waals surface area (Å²) >= 11 is 12.4. The van der Waals surface area contributed by atoms with E-state index in [1.165, 1.54) is 0 Å². The molecule has 2 amide bonds. The lowest BCUT2D eigenvalue weighted by Crippen LogP contribution is -2.50. The molecule has 0 spiro atoms. The number of fused-ring (bicyclic) bond motifs is 1. The van der Waals surface area contributed by atoms with Gasteiger partial charge in [0, 0.05) is 25.9 Å². The lowest BCUT2D eigenvalue weighted by atomic mass is 10.0. The summed E-state index contributed by atoms with van der Waals surface area (Å²) < 4.78 is 11.3. The Morgan fingerprint density at radius 3 is 2.35 bits per heavy atom. The highest BCUT2D eigenvalue weighted by molar-refractivity contribution is 6.42. The first-order chi connectivity index (χ1) is 17.9. The van der Waals surface area contributed by atoms with Crippen LogP contribution in [0.1, 0.15) is 30.0 Å². The second-order valence-electron chi connectivity index (χ2n) is 8.85. The van der Waals surface area contributed by atoms with Crippen LogP contribution in [0, 0.1) is 0 Å². The number of amides is 2. The Labute approximate surface area is 227 Å². The molecule has 1 atom stereocenters. The number of carbonyl (C=O) groups excluding carboxylic acids is 2. The van der Waals surface area contributed by atoms with Crippen LogP contribution in [0.4, 0.5) is 0 Å². The van der Waals surface area contributed by atoms with Crippen LogP contribution in [-0.4, -0.2) is 42.5 Å². The maximum absolute atomic E-state index is 13.7. The van der Waals surface area contributed by atoms with Crippen LogP contribution in [0.3, 0.4) is 0 Å². The van der Waals surface area contributed by atoms with Crippen molar-refractivity contribution in [1.82, 2.24) is 10.2 Å². The molecule has 0 fully saturated rings. The van der Waals surface area contributed by atoms with Gasteiger partial charge in [0.1, 0.15) is 19.3 Å². The molecule has 0 aliphatic carbocycles. The van der Waals surface area contributed by atoms with E-state index in [-0.39, 0.29) is 24.8 Å². The summed E-state index contributed by atoms with van der Waals surface area (Å²) in [5.41, 5.74) is 2.73. The Kier molecular flexibility index (Phi) is 9.31. The van der Waals surface area contributed by atoms with E-state index in [1.807, 2.05) is 61.5 Å². The summed E-state index contributed by atoms with van der Waals surface area (Å²) in [5.74, 6) is 1.07. The quantitative estimate of drug-likeness (QED) is 0.370. The standard InChI is InChI=1S/C29H30Cl2N2O4/c1-2-32-29(35)25(17-20-6-4-3-5-7-20)33(19-22-8-11-23(30)24(31)16-22)28(34)13-10-21-9-12-26-27(18-21)37-15-14-36-26/h3-9,11-12,16,18,25H,2,10,13-15,17,19H2,1H3,(H,32,35)/t25-/m1/s1. The second kappa shape index (κ2) is 12.8. The third-order valence-electron chi connectivity index (χ3n) is 6.19. The van der Waals surface area contributed by atoms with Gasteiger partial charge in [0.15, 0.2) is 11.5 Å². The molecular weight excluding hydrogens is 511 g/mol. The van der Waals surface area contributed by atoms with Crippen molar-refractivity contribution < 1.29 is 19.1 Å². The van der Waals surface area contributed by atoms with Crippen molar-refractivity contribution in [1.29, 1.82) is 0 Å². The fourth-order valence-electron chi connectivity index (χ4n) is 4.32. The van der Waals surface area contributed by atoms with Gasteiger partial charge in [-0.3, -0.25) is 9.59 Å². The lowest BCUT2D eigenvalue weighted by Gasteiger charge is -2.31. The van der Waals surface area contributed by atoms with Crippen LogP contribution < -0.4 is 14.8 Å². The van der Waals surface area contributed by atoms with Crippen LogP contribution in [0.25, 0.3) is 0 Å². The molecule has 0 unspecified atom stereocenters. The minimum atomic E-state index is -0.690. The lowest BCUT2D eigenvalue weighted by molar-refractivity contribution is -0.141. The average molecular weight is 541 g/mol. The maximum atomic E-state index is 13.7. The molecule has 0 radical (unpaired) electrons. The zero-order chi connectivity index (χ0) is 26.2. The first kappa shape index (κ1) is 26.8. The Morgan fingerprint density at radius 2 is 1.62 bits per heavy atom. The maximum Gasteiger partial charge on any atom is 0.243 e. The number of hydrogen-bond acceptors (Lipinski definition) is 4. The van der Waals surface area contributed by atoms with Gasteiger partial charge in [-0.2, -0.15) is 0 Å². The first-order valence-corrected chi connectivity index (χ1v) is 13.1. The molecule has 3 aromatic rings. The number of ether oxygens (including phenoxy) is 2. The number of benzene rings is 3. The monoisotopic (exact) mass is 540 g/mol. The van der Waals surface area contributed by atoms with Crippen LogP contribution >= 0.6 is 23.2 Å². The zero-order valence-electron chi connectivity index (χ0n) is 20.7. The molecule has 4 rings (SSSR count). The predicted molar refractivity (Wildman–Crippen MR) is 145 cm³/mol. The summed E-state index contributed by atoms with van der Waals surface area (Å²) in [6.45, 7) is 3.59. The third kappa shape index (κ3) is 7.18. The van der Waals surface area contributed by atoms with Crippen molar-refractivity contribution in [3.05, 3.63) is 93.5 Å². The summed E-state index contributed by atoms with van der Waals surface area (Å²) in [6, 6.07) is 20.0. The number of hydrogen-bond donors (Lipinski definition) is 1. The van der Waals surface area contributed by atoms with Gasteiger partial charge in [-0.1, -0.05) is 65.7 Å². The van der Waals surface area contributed by atoms with Gasteiger partial charge in [-0.05, 0) is 54.3 Å². The fraction of sp³-hybridized carbons (Fsp3) is 0.310. The van der Waals surface area contributed by atoms with Gasteiger partial charge in [0.25, 0.3) is 0 Å². The molecule has 6 nitrogen and oxygen atoms in total. The molecule has 3 aromatic carbocycles. The molecule has 0 aromatic heterocycles. The molecule has 1 heterocycles. The van der Waals surface area contributed by atoms with E-state index in [2.05, 4.69) is 5.32 Å². The predicted octanol–water partition coefficient (Wildman–Crippen LogP) is 5.47. The Bertz CT molecular complexity index is 1240. The van der Waals surface area contributed by atoms with E-state index in [9.17, 15) is 9.59 Å². The Morgan fingerprint density at radius 1 is 0.892 bits per heavy atom. The molecule has 37 heavy (non-hydrogen) atoms. The van der Waals surface area contributed by atoms with Gasteiger partial charge < -0.3 is 19.7 Å². The van der Waals surface area contributed by atoms with E-state index in [0.717, 1.165) is 16.7 Å². The van der Waals surface area contributed by atoms with Crippen molar-refractivity contribution in [2.45, 2.75) is 38.8 Å². The SMILES string of the molecule is CCNC(=O)[C@@H](Cc1ccccc1)N(Cc1ccc(Cl)c(Cl)c1)C(=O)CCc1ccc2c(c1)OCCO2. The summed E-state index contributed by atoms with van der Waals surface area (Å²) in [6.07, 6.45) is 1.12. The van der Waals surface area contributed by atoms with E-state index < -0.39 is 6.04 Å². The second-order valence-corrected chi connectivity index (χ2v) is 9.66. The molecule has 1 aliphatic rings.